The van der Waals surface area contributed by atoms with E-state index in [2.05, 4.69) is 15.1 Å². The van der Waals surface area contributed by atoms with E-state index in [4.69, 9.17) is 0 Å². The van der Waals surface area contributed by atoms with Gasteiger partial charge in [-0.15, -0.1) is 0 Å². The fourth-order valence-corrected chi connectivity index (χ4v) is 2.56. The predicted molar refractivity (Wildman–Crippen MR) is 81.7 cm³/mol. The van der Waals surface area contributed by atoms with Gasteiger partial charge in [-0.1, -0.05) is 0 Å². The molecular weight excluding hydrogens is 272 g/mol. The Morgan fingerprint density at radius 1 is 1.48 bits per heavy atom. The average Bonchev–Trinajstić information content (AvgIpc) is 2.88. The van der Waals surface area contributed by atoms with Gasteiger partial charge in [-0.3, -0.25) is 14.9 Å². The Labute approximate surface area is 123 Å². The van der Waals surface area contributed by atoms with Crippen molar-refractivity contribution < 1.29 is 9.72 Å². The number of benzene rings is 1. The van der Waals surface area contributed by atoms with Gasteiger partial charge in [0.05, 0.1) is 4.92 Å². The van der Waals surface area contributed by atoms with E-state index in [-0.39, 0.29) is 17.3 Å². The Bertz CT molecular complexity index is 559. The van der Waals surface area contributed by atoms with Gasteiger partial charge in [0.1, 0.15) is 5.69 Å². The van der Waals surface area contributed by atoms with Crippen molar-refractivity contribution in [3.8, 4) is 0 Å². The summed E-state index contributed by atoms with van der Waals surface area (Å²) >= 11 is 0. The molecule has 7 nitrogen and oxygen atoms in total. The van der Waals surface area contributed by atoms with E-state index in [0.29, 0.717) is 6.04 Å². The van der Waals surface area contributed by atoms with Gasteiger partial charge in [-0.2, -0.15) is 0 Å². The summed E-state index contributed by atoms with van der Waals surface area (Å²) in [6.45, 7) is 3.06. The molecule has 1 aromatic rings. The Morgan fingerprint density at radius 2 is 2.19 bits per heavy atom. The van der Waals surface area contributed by atoms with Gasteiger partial charge >= 0.3 is 0 Å². The van der Waals surface area contributed by atoms with Crippen molar-refractivity contribution in [1.82, 2.24) is 4.90 Å². The number of hydrogen-bond acceptors (Lipinski definition) is 5. The molecule has 0 spiro atoms. The first-order chi connectivity index (χ1) is 9.88. The highest BCUT2D eigenvalue weighted by atomic mass is 16.6. The van der Waals surface area contributed by atoms with Gasteiger partial charge < -0.3 is 15.1 Å². The van der Waals surface area contributed by atoms with Gasteiger partial charge in [0.15, 0.2) is 0 Å². The lowest BCUT2D eigenvalue weighted by Crippen LogP contribution is -2.31. The fraction of sp³-hybridized carbons (Fsp3) is 0.500. The molecule has 0 aliphatic carbocycles. The van der Waals surface area contributed by atoms with Crippen LogP contribution < -0.4 is 10.2 Å². The lowest BCUT2D eigenvalue weighted by atomic mass is 10.2. The fourth-order valence-electron chi connectivity index (χ4n) is 2.56. The Hall–Kier alpha value is -2.15. The Balaban J connectivity index is 2.24. The van der Waals surface area contributed by atoms with E-state index >= 15 is 0 Å². The third kappa shape index (κ3) is 3.49. The molecule has 1 aliphatic heterocycles. The number of nitro groups is 1. The summed E-state index contributed by atoms with van der Waals surface area (Å²) in [7, 11) is 4.08. The molecule has 1 saturated heterocycles. The van der Waals surface area contributed by atoms with Crippen molar-refractivity contribution in [2.75, 3.05) is 37.4 Å². The summed E-state index contributed by atoms with van der Waals surface area (Å²) in [5.74, 6) is -0.320. The Kier molecular flexibility index (Phi) is 4.42. The second-order valence-electron chi connectivity index (χ2n) is 5.49. The highest BCUT2D eigenvalue weighted by molar-refractivity contribution is 5.91. The smallest absolute Gasteiger partial charge is 0.294 e. The van der Waals surface area contributed by atoms with E-state index < -0.39 is 4.92 Å². The van der Waals surface area contributed by atoms with Crippen molar-refractivity contribution in [2.24, 2.45) is 0 Å². The molecule has 2 rings (SSSR count). The minimum absolute atomic E-state index is 0.0731. The van der Waals surface area contributed by atoms with E-state index in [1.54, 1.807) is 6.07 Å². The van der Waals surface area contributed by atoms with Crippen LogP contribution in [0.2, 0.25) is 0 Å². The van der Waals surface area contributed by atoms with Crippen molar-refractivity contribution in [1.29, 1.82) is 0 Å². The first kappa shape index (κ1) is 15.2. The highest BCUT2D eigenvalue weighted by Crippen LogP contribution is 2.31. The lowest BCUT2D eigenvalue weighted by Gasteiger charge is -2.22. The Morgan fingerprint density at radius 3 is 2.71 bits per heavy atom. The van der Waals surface area contributed by atoms with Crippen LogP contribution in [0.3, 0.4) is 0 Å². The molecular formula is C14H20N4O3. The van der Waals surface area contributed by atoms with E-state index in [1.807, 2.05) is 20.2 Å². The van der Waals surface area contributed by atoms with Crippen LogP contribution in [-0.4, -0.2) is 49.0 Å². The third-order valence-corrected chi connectivity index (χ3v) is 3.75. The molecule has 114 valence electrons. The SMILES string of the molecule is CC(=O)Nc1ccc(N2CCC(N(C)C)C2)cc1[N+](=O)[O-]. The number of carbonyl (C=O) groups is 1. The second-order valence-corrected chi connectivity index (χ2v) is 5.49. The van der Waals surface area contributed by atoms with Crippen LogP contribution in [0.5, 0.6) is 0 Å². The zero-order chi connectivity index (χ0) is 15.6. The molecule has 1 unspecified atom stereocenters. The van der Waals surface area contributed by atoms with Crippen molar-refractivity contribution in [2.45, 2.75) is 19.4 Å². The molecule has 0 aromatic heterocycles. The first-order valence-electron chi connectivity index (χ1n) is 6.86. The van der Waals surface area contributed by atoms with Gasteiger partial charge in [-0.05, 0) is 32.6 Å². The molecule has 0 saturated carbocycles. The van der Waals surface area contributed by atoms with Gasteiger partial charge in [-0.25, -0.2) is 0 Å². The number of carbonyl (C=O) groups excluding carboxylic acids is 1. The molecule has 1 amide bonds. The molecule has 1 heterocycles. The number of nitrogens with zero attached hydrogens (tertiary/aromatic N) is 3. The van der Waals surface area contributed by atoms with Crippen LogP contribution in [0.1, 0.15) is 13.3 Å². The molecule has 1 atom stereocenters. The van der Waals surface area contributed by atoms with E-state index in [1.165, 1.54) is 13.0 Å². The lowest BCUT2D eigenvalue weighted by molar-refractivity contribution is -0.383. The van der Waals surface area contributed by atoms with E-state index in [0.717, 1.165) is 25.2 Å². The predicted octanol–water partition coefficient (Wildman–Crippen LogP) is 1.69. The van der Waals surface area contributed by atoms with E-state index in [9.17, 15) is 14.9 Å². The third-order valence-electron chi connectivity index (χ3n) is 3.75. The van der Waals surface area contributed by atoms with Gasteiger partial charge in [0.2, 0.25) is 5.91 Å². The first-order valence-corrected chi connectivity index (χ1v) is 6.86. The van der Waals surface area contributed by atoms with Gasteiger partial charge in [0, 0.05) is 37.8 Å². The maximum absolute atomic E-state index is 11.2. The monoisotopic (exact) mass is 292 g/mol. The number of nitrogens with one attached hydrogen (secondary N) is 1. The number of amides is 1. The largest absolute Gasteiger partial charge is 0.370 e. The maximum atomic E-state index is 11.2. The second kappa shape index (κ2) is 6.09. The normalized spacial score (nSPS) is 18.1. The van der Waals surface area contributed by atoms with Crippen LogP contribution in [-0.2, 0) is 4.79 Å². The number of anilines is 2. The summed E-state index contributed by atoms with van der Waals surface area (Å²) in [5, 5.41) is 13.7. The average molecular weight is 292 g/mol. The van der Waals surface area contributed by atoms with Crippen LogP contribution >= 0.6 is 0 Å². The summed E-state index contributed by atoms with van der Waals surface area (Å²) in [6.07, 6.45) is 1.04. The van der Waals surface area contributed by atoms with Gasteiger partial charge in [0.25, 0.3) is 5.69 Å². The maximum Gasteiger partial charge on any atom is 0.294 e. The molecule has 21 heavy (non-hydrogen) atoms. The van der Waals surface area contributed by atoms with Crippen molar-refractivity contribution >= 4 is 23.0 Å². The topological polar surface area (TPSA) is 78.7 Å². The summed E-state index contributed by atoms with van der Waals surface area (Å²) in [6, 6.07) is 5.40. The summed E-state index contributed by atoms with van der Waals surface area (Å²) in [4.78, 5) is 26.1. The zero-order valence-corrected chi connectivity index (χ0v) is 12.5. The van der Waals surface area contributed by atoms with Crippen molar-refractivity contribution in [3.05, 3.63) is 28.3 Å². The standard InChI is InChI=1S/C14H20N4O3/c1-10(19)15-13-5-4-11(8-14(13)18(20)21)17-7-6-12(9-17)16(2)3/h4-5,8,12H,6-7,9H2,1-3H3,(H,15,19). The van der Waals surface area contributed by atoms with Crippen LogP contribution in [0.15, 0.2) is 18.2 Å². The molecule has 0 radical (unpaired) electrons. The molecule has 1 aliphatic rings. The molecule has 7 heteroatoms. The summed E-state index contributed by atoms with van der Waals surface area (Å²) < 4.78 is 0. The van der Waals surface area contributed by atoms with Crippen LogP contribution in [0, 0.1) is 10.1 Å². The molecule has 0 bridgehead atoms. The molecule has 1 aromatic carbocycles. The minimum Gasteiger partial charge on any atom is -0.370 e. The quantitative estimate of drug-likeness (QED) is 0.675. The summed E-state index contributed by atoms with van der Waals surface area (Å²) in [5.41, 5.74) is 0.982. The van der Waals surface area contributed by atoms with Crippen LogP contribution in [0.25, 0.3) is 0 Å². The van der Waals surface area contributed by atoms with Crippen LogP contribution in [0.4, 0.5) is 17.1 Å². The number of nitro benzene ring substituents is 1. The zero-order valence-electron chi connectivity index (χ0n) is 12.5. The number of hydrogen-bond donors (Lipinski definition) is 1. The van der Waals surface area contributed by atoms with Crippen molar-refractivity contribution in [3.63, 3.8) is 0 Å². The highest BCUT2D eigenvalue weighted by Gasteiger charge is 2.26. The molecule has 1 fully saturated rings. The number of rotatable bonds is 4. The minimum atomic E-state index is -0.464. The molecule has 1 N–H and O–H groups in total. The number of likely N-dealkylation sites (N-methyl/N-ethyl adjacent to an activating group) is 1.